The molecule has 1 aromatic heterocycles. The van der Waals surface area contributed by atoms with Crippen LogP contribution in [0, 0.1) is 0 Å². The fourth-order valence-corrected chi connectivity index (χ4v) is 4.99. The minimum atomic E-state index is -0.657. The maximum absolute atomic E-state index is 6.51. The Morgan fingerprint density at radius 2 is 2.06 bits per heavy atom. The zero-order valence-corrected chi connectivity index (χ0v) is 19.1. The monoisotopic (exact) mass is 458 g/mol. The molecule has 31 heavy (non-hydrogen) atoms. The lowest BCUT2D eigenvalue weighted by atomic mass is 10.0. The summed E-state index contributed by atoms with van der Waals surface area (Å²) in [6, 6.07) is 16.1. The van der Waals surface area contributed by atoms with Crippen LogP contribution in [-0.4, -0.2) is 40.9 Å². The van der Waals surface area contributed by atoms with Gasteiger partial charge in [-0.15, -0.1) is 0 Å². The molecule has 5 nitrogen and oxygen atoms in total. The lowest BCUT2D eigenvalue weighted by Gasteiger charge is -2.28. The lowest BCUT2D eigenvalue weighted by molar-refractivity contribution is -0.180. The summed E-state index contributed by atoms with van der Waals surface area (Å²) >= 11 is 8.10. The van der Waals surface area contributed by atoms with Gasteiger partial charge in [0.1, 0.15) is 5.75 Å². The van der Waals surface area contributed by atoms with Gasteiger partial charge in [0, 0.05) is 35.3 Å². The molecule has 0 bridgehead atoms. The standard InChI is InChI=1S/C24H27ClN2O3S/c1-28-21-8-6-19(7-9-21)10-11-24(17-27-13-12-26-18-27)29-14-22(30-24)16-31-15-20-4-2-3-5-23(20)25/h2-9,12-13,18,22H,10-11,14-17H2,1H3. The molecule has 1 aliphatic heterocycles. The summed E-state index contributed by atoms with van der Waals surface area (Å²) in [5.41, 5.74) is 2.38. The molecule has 0 aliphatic carbocycles. The Morgan fingerprint density at radius 3 is 2.81 bits per heavy atom. The quantitative estimate of drug-likeness (QED) is 0.416. The smallest absolute Gasteiger partial charge is 0.187 e. The van der Waals surface area contributed by atoms with E-state index in [1.807, 2.05) is 52.9 Å². The van der Waals surface area contributed by atoms with Crippen LogP contribution < -0.4 is 4.74 Å². The minimum absolute atomic E-state index is 0.0480. The summed E-state index contributed by atoms with van der Waals surface area (Å²) < 4.78 is 20.1. The summed E-state index contributed by atoms with van der Waals surface area (Å²) in [5.74, 6) is 1.93. The molecule has 0 amide bonds. The predicted molar refractivity (Wildman–Crippen MR) is 125 cm³/mol. The number of benzene rings is 2. The van der Waals surface area contributed by atoms with Gasteiger partial charge in [0.05, 0.1) is 32.7 Å². The summed E-state index contributed by atoms with van der Waals surface area (Å²) in [7, 11) is 1.68. The molecular weight excluding hydrogens is 432 g/mol. The second kappa shape index (κ2) is 10.6. The van der Waals surface area contributed by atoms with Crippen molar-refractivity contribution in [2.75, 3.05) is 19.5 Å². The molecule has 2 unspecified atom stereocenters. The molecule has 4 rings (SSSR count). The topological polar surface area (TPSA) is 45.5 Å². The molecule has 0 saturated carbocycles. The van der Waals surface area contributed by atoms with Crippen LogP contribution in [0.4, 0.5) is 0 Å². The number of hydrogen-bond acceptors (Lipinski definition) is 5. The van der Waals surface area contributed by atoms with Crippen LogP contribution in [0.25, 0.3) is 0 Å². The summed E-state index contributed by atoms with van der Waals surface area (Å²) in [5, 5.41) is 0.813. The Labute approximate surface area is 192 Å². The van der Waals surface area contributed by atoms with E-state index in [4.69, 9.17) is 25.8 Å². The first-order chi connectivity index (χ1) is 15.2. The highest BCUT2D eigenvalue weighted by Crippen LogP contribution is 2.33. The molecule has 7 heteroatoms. The van der Waals surface area contributed by atoms with E-state index in [0.717, 1.165) is 40.7 Å². The maximum atomic E-state index is 6.51. The highest BCUT2D eigenvalue weighted by Gasteiger charge is 2.41. The molecule has 0 spiro atoms. The number of aromatic nitrogens is 2. The molecule has 3 aromatic rings. The molecule has 1 saturated heterocycles. The van der Waals surface area contributed by atoms with Crippen molar-refractivity contribution in [1.29, 1.82) is 0 Å². The van der Waals surface area contributed by atoms with Crippen LogP contribution in [-0.2, 0) is 28.2 Å². The van der Waals surface area contributed by atoms with Gasteiger partial charge >= 0.3 is 0 Å². The molecule has 1 aliphatic rings. The predicted octanol–water partition coefficient (Wildman–Crippen LogP) is 5.22. The zero-order valence-electron chi connectivity index (χ0n) is 17.6. The number of imidazole rings is 1. The Hall–Kier alpha value is -1.99. The van der Waals surface area contributed by atoms with Crippen LogP contribution in [0.2, 0.25) is 5.02 Å². The second-order valence-corrected chi connectivity index (χ2v) is 9.09. The van der Waals surface area contributed by atoms with E-state index >= 15 is 0 Å². The number of halogens is 1. The van der Waals surface area contributed by atoms with Gasteiger partial charge in [0.15, 0.2) is 5.79 Å². The summed E-state index contributed by atoms with van der Waals surface area (Å²) in [6.07, 6.45) is 7.21. The fourth-order valence-electron chi connectivity index (χ4n) is 3.69. The number of ether oxygens (including phenoxy) is 3. The fraction of sp³-hybridized carbons (Fsp3) is 0.375. The first-order valence-corrected chi connectivity index (χ1v) is 11.9. The van der Waals surface area contributed by atoms with Crippen molar-refractivity contribution in [3.8, 4) is 5.75 Å². The SMILES string of the molecule is COc1ccc(CCC2(Cn3ccnc3)OCC(CSCc3ccccc3Cl)O2)cc1. The Morgan fingerprint density at radius 1 is 1.23 bits per heavy atom. The minimum Gasteiger partial charge on any atom is -0.497 e. The third-order valence-corrected chi connectivity index (χ3v) is 6.86. The first kappa shape index (κ1) is 22.2. The van der Waals surface area contributed by atoms with E-state index in [1.165, 1.54) is 5.56 Å². The highest BCUT2D eigenvalue weighted by molar-refractivity contribution is 7.98. The Kier molecular flexibility index (Phi) is 7.56. The normalized spacial score (nSPS) is 20.8. The molecule has 2 aromatic carbocycles. The van der Waals surface area contributed by atoms with Crippen molar-refractivity contribution >= 4 is 23.4 Å². The van der Waals surface area contributed by atoms with Crippen molar-refractivity contribution in [2.24, 2.45) is 0 Å². The van der Waals surface area contributed by atoms with E-state index in [1.54, 1.807) is 19.6 Å². The van der Waals surface area contributed by atoms with Crippen molar-refractivity contribution in [3.05, 3.63) is 83.4 Å². The first-order valence-electron chi connectivity index (χ1n) is 10.4. The highest BCUT2D eigenvalue weighted by atomic mass is 35.5. The average molecular weight is 459 g/mol. The lowest BCUT2D eigenvalue weighted by Crippen LogP contribution is -2.37. The van der Waals surface area contributed by atoms with Gasteiger partial charge in [-0.1, -0.05) is 41.9 Å². The van der Waals surface area contributed by atoms with Crippen LogP contribution >= 0.6 is 23.4 Å². The van der Waals surface area contributed by atoms with Gasteiger partial charge in [0.25, 0.3) is 0 Å². The molecule has 164 valence electrons. The van der Waals surface area contributed by atoms with Gasteiger partial charge in [0.2, 0.25) is 0 Å². The van der Waals surface area contributed by atoms with Gasteiger partial charge in [-0.2, -0.15) is 11.8 Å². The van der Waals surface area contributed by atoms with E-state index in [9.17, 15) is 0 Å². The molecule has 2 heterocycles. The number of hydrogen-bond donors (Lipinski definition) is 0. The van der Waals surface area contributed by atoms with Gasteiger partial charge < -0.3 is 18.8 Å². The van der Waals surface area contributed by atoms with Gasteiger partial charge in [-0.25, -0.2) is 4.98 Å². The Balaban J connectivity index is 1.36. The molecular formula is C24H27ClN2O3S. The maximum Gasteiger partial charge on any atom is 0.187 e. The summed E-state index contributed by atoms with van der Waals surface area (Å²) in [4.78, 5) is 4.16. The van der Waals surface area contributed by atoms with Crippen molar-refractivity contribution in [2.45, 2.75) is 37.0 Å². The van der Waals surface area contributed by atoms with Crippen LogP contribution in [0.3, 0.4) is 0 Å². The molecule has 1 fully saturated rings. The Bertz CT molecular complexity index is 952. The van der Waals surface area contributed by atoms with E-state index < -0.39 is 5.79 Å². The number of methoxy groups -OCH3 is 1. The van der Waals surface area contributed by atoms with Gasteiger partial charge in [-0.3, -0.25) is 0 Å². The number of thioether (sulfide) groups is 1. The van der Waals surface area contributed by atoms with E-state index in [0.29, 0.717) is 13.2 Å². The molecule has 2 atom stereocenters. The van der Waals surface area contributed by atoms with Crippen molar-refractivity contribution in [1.82, 2.24) is 9.55 Å². The third-order valence-electron chi connectivity index (χ3n) is 5.37. The van der Waals surface area contributed by atoms with E-state index in [-0.39, 0.29) is 6.10 Å². The second-order valence-electron chi connectivity index (χ2n) is 7.65. The van der Waals surface area contributed by atoms with Crippen LogP contribution in [0.5, 0.6) is 5.75 Å². The third kappa shape index (κ3) is 6.04. The largest absolute Gasteiger partial charge is 0.497 e. The van der Waals surface area contributed by atoms with Gasteiger partial charge in [-0.05, 0) is 35.7 Å². The number of rotatable bonds is 10. The van der Waals surface area contributed by atoms with Crippen LogP contribution in [0.15, 0.2) is 67.3 Å². The molecule has 0 N–H and O–H groups in total. The zero-order chi connectivity index (χ0) is 21.5. The van der Waals surface area contributed by atoms with Crippen molar-refractivity contribution < 1.29 is 14.2 Å². The number of aryl methyl sites for hydroxylation is 1. The summed E-state index contributed by atoms with van der Waals surface area (Å²) in [6.45, 7) is 1.21. The molecule has 0 radical (unpaired) electrons. The number of nitrogens with zero attached hydrogens (tertiary/aromatic N) is 2. The van der Waals surface area contributed by atoms with Crippen molar-refractivity contribution in [3.63, 3.8) is 0 Å². The average Bonchev–Trinajstić information content (AvgIpc) is 3.45. The van der Waals surface area contributed by atoms with Crippen LogP contribution in [0.1, 0.15) is 17.5 Å². The van der Waals surface area contributed by atoms with E-state index in [2.05, 4.69) is 23.2 Å².